The molecule has 0 bridgehead atoms. The fourth-order valence-electron chi connectivity index (χ4n) is 3.25. The van der Waals surface area contributed by atoms with Gasteiger partial charge in [0.05, 0.1) is 25.5 Å². The Bertz CT molecular complexity index is 945. The van der Waals surface area contributed by atoms with Crippen LogP contribution in [0.4, 0.5) is 4.39 Å². The van der Waals surface area contributed by atoms with Gasteiger partial charge in [-0.05, 0) is 37.1 Å². The lowest BCUT2D eigenvalue weighted by atomic mass is 10.1. The summed E-state index contributed by atoms with van der Waals surface area (Å²) in [5.41, 5.74) is 1.85. The second kappa shape index (κ2) is 11.8. The highest BCUT2D eigenvalue weighted by molar-refractivity contribution is 14.0. The molecule has 0 unspecified atom stereocenters. The van der Waals surface area contributed by atoms with Crippen LogP contribution in [-0.2, 0) is 21.2 Å². The SMILES string of the molecule is CCNC(=NCCS(=O)(=O)N1CCOCC1)NCCc1c[nH]c2cc(F)ccc12.I. The maximum Gasteiger partial charge on any atom is 0.216 e. The van der Waals surface area contributed by atoms with E-state index >= 15 is 0 Å². The van der Waals surface area contributed by atoms with Crippen molar-refractivity contribution in [2.75, 3.05) is 51.7 Å². The first kappa shape index (κ1) is 24.8. The Morgan fingerprint density at radius 3 is 2.80 bits per heavy atom. The Labute approximate surface area is 193 Å². The lowest BCUT2D eigenvalue weighted by molar-refractivity contribution is 0.0731. The molecule has 2 aromatic rings. The van der Waals surface area contributed by atoms with E-state index < -0.39 is 10.0 Å². The number of aliphatic imine (C=N–C) groups is 1. The first-order valence-electron chi connectivity index (χ1n) is 9.83. The molecule has 168 valence electrons. The lowest BCUT2D eigenvalue weighted by Gasteiger charge is -2.25. The van der Waals surface area contributed by atoms with Crippen LogP contribution in [0.25, 0.3) is 10.9 Å². The molecule has 8 nitrogen and oxygen atoms in total. The maximum atomic E-state index is 13.3. The number of benzene rings is 1. The average Bonchev–Trinajstić information content (AvgIpc) is 3.10. The van der Waals surface area contributed by atoms with Crippen LogP contribution in [0.3, 0.4) is 0 Å². The number of H-pyrrole nitrogens is 1. The maximum absolute atomic E-state index is 13.3. The first-order valence-corrected chi connectivity index (χ1v) is 11.4. The molecular formula is C19H29FIN5O3S. The minimum atomic E-state index is -3.32. The van der Waals surface area contributed by atoms with Crippen molar-refractivity contribution >= 4 is 50.9 Å². The second-order valence-corrected chi connectivity index (χ2v) is 8.86. The molecule has 1 aliphatic heterocycles. The highest BCUT2D eigenvalue weighted by Gasteiger charge is 2.23. The molecule has 2 heterocycles. The fourth-order valence-corrected chi connectivity index (χ4v) is 4.53. The number of nitrogens with one attached hydrogen (secondary N) is 3. The Morgan fingerprint density at radius 2 is 2.07 bits per heavy atom. The summed E-state index contributed by atoms with van der Waals surface area (Å²) in [4.78, 5) is 7.47. The Hall–Kier alpha value is -1.44. The van der Waals surface area contributed by atoms with Gasteiger partial charge < -0.3 is 20.4 Å². The number of sulfonamides is 1. The van der Waals surface area contributed by atoms with Gasteiger partial charge in [-0.3, -0.25) is 4.99 Å². The molecule has 0 aliphatic carbocycles. The van der Waals surface area contributed by atoms with Crippen molar-refractivity contribution < 1.29 is 17.5 Å². The zero-order valence-electron chi connectivity index (χ0n) is 17.0. The van der Waals surface area contributed by atoms with E-state index in [0.29, 0.717) is 45.4 Å². The van der Waals surface area contributed by atoms with Crippen LogP contribution in [0.1, 0.15) is 12.5 Å². The summed E-state index contributed by atoms with van der Waals surface area (Å²) in [6.45, 7) is 5.11. The zero-order valence-corrected chi connectivity index (χ0v) is 20.1. The predicted octanol–water partition coefficient (Wildman–Crippen LogP) is 1.68. The number of hydrogen-bond acceptors (Lipinski definition) is 4. The van der Waals surface area contributed by atoms with Crippen molar-refractivity contribution in [3.8, 4) is 0 Å². The number of halogens is 2. The van der Waals surface area contributed by atoms with Gasteiger partial charge >= 0.3 is 0 Å². The third-order valence-electron chi connectivity index (χ3n) is 4.74. The van der Waals surface area contributed by atoms with E-state index in [4.69, 9.17) is 4.74 Å². The van der Waals surface area contributed by atoms with Gasteiger partial charge in [0.25, 0.3) is 0 Å². The van der Waals surface area contributed by atoms with Gasteiger partial charge in [0.2, 0.25) is 10.0 Å². The van der Waals surface area contributed by atoms with Crippen molar-refractivity contribution in [3.63, 3.8) is 0 Å². The van der Waals surface area contributed by atoms with Gasteiger partial charge in [-0.2, -0.15) is 4.31 Å². The lowest BCUT2D eigenvalue weighted by Crippen LogP contribution is -2.42. The molecular weight excluding hydrogens is 524 g/mol. The molecule has 1 aromatic heterocycles. The summed E-state index contributed by atoms with van der Waals surface area (Å²) < 4.78 is 44.7. The molecule has 1 aromatic carbocycles. The number of aromatic amines is 1. The van der Waals surface area contributed by atoms with Crippen molar-refractivity contribution in [3.05, 3.63) is 35.8 Å². The van der Waals surface area contributed by atoms with Crippen LogP contribution in [-0.4, -0.2) is 75.4 Å². The van der Waals surface area contributed by atoms with E-state index in [9.17, 15) is 12.8 Å². The minimum absolute atomic E-state index is 0. The Morgan fingerprint density at radius 1 is 1.30 bits per heavy atom. The molecule has 3 N–H and O–H groups in total. The Kier molecular flexibility index (Phi) is 9.78. The van der Waals surface area contributed by atoms with Crippen LogP contribution < -0.4 is 10.6 Å². The molecule has 0 spiro atoms. The highest BCUT2D eigenvalue weighted by atomic mass is 127. The molecule has 0 atom stereocenters. The number of nitrogens with zero attached hydrogens (tertiary/aromatic N) is 2. The largest absolute Gasteiger partial charge is 0.379 e. The molecule has 11 heteroatoms. The van der Waals surface area contributed by atoms with Crippen molar-refractivity contribution in [2.24, 2.45) is 4.99 Å². The highest BCUT2D eigenvalue weighted by Crippen LogP contribution is 2.19. The van der Waals surface area contributed by atoms with Crippen molar-refractivity contribution in [1.29, 1.82) is 0 Å². The van der Waals surface area contributed by atoms with Gasteiger partial charge in [-0.25, -0.2) is 12.8 Å². The normalized spacial score (nSPS) is 15.7. The molecule has 1 fully saturated rings. The average molecular weight is 553 g/mol. The van der Waals surface area contributed by atoms with Crippen LogP contribution in [0.5, 0.6) is 0 Å². The summed E-state index contributed by atoms with van der Waals surface area (Å²) in [6, 6.07) is 4.70. The van der Waals surface area contributed by atoms with Crippen LogP contribution >= 0.6 is 24.0 Å². The van der Waals surface area contributed by atoms with E-state index in [-0.39, 0.29) is 42.1 Å². The monoisotopic (exact) mass is 553 g/mol. The molecule has 0 saturated carbocycles. The molecule has 0 amide bonds. The van der Waals surface area contributed by atoms with Crippen LogP contribution in [0, 0.1) is 5.82 Å². The second-order valence-electron chi connectivity index (χ2n) is 6.77. The quantitative estimate of drug-likeness (QED) is 0.263. The predicted molar refractivity (Wildman–Crippen MR) is 128 cm³/mol. The number of guanidine groups is 1. The van der Waals surface area contributed by atoms with E-state index in [0.717, 1.165) is 22.9 Å². The summed E-state index contributed by atoms with van der Waals surface area (Å²) in [7, 11) is -3.32. The number of rotatable bonds is 8. The van der Waals surface area contributed by atoms with Gasteiger partial charge in [0.1, 0.15) is 5.82 Å². The number of aromatic nitrogens is 1. The summed E-state index contributed by atoms with van der Waals surface area (Å²) in [6.07, 6.45) is 2.60. The topological polar surface area (TPSA) is 98.8 Å². The first-order chi connectivity index (χ1) is 14.0. The van der Waals surface area contributed by atoms with Crippen LogP contribution in [0.15, 0.2) is 29.4 Å². The van der Waals surface area contributed by atoms with E-state index in [1.165, 1.54) is 16.4 Å². The third-order valence-corrected chi connectivity index (χ3v) is 6.59. The van der Waals surface area contributed by atoms with E-state index in [2.05, 4.69) is 20.6 Å². The minimum Gasteiger partial charge on any atom is -0.379 e. The number of ether oxygens (including phenoxy) is 1. The summed E-state index contributed by atoms with van der Waals surface area (Å²) in [5.74, 6) is 0.283. The molecule has 3 rings (SSSR count). The number of hydrogen-bond donors (Lipinski definition) is 3. The molecule has 30 heavy (non-hydrogen) atoms. The van der Waals surface area contributed by atoms with Crippen molar-refractivity contribution in [2.45, 2.75) is 13.3 Å². The fraction of sp³-hybridized carbons (Fsp3) is 0.526. The van der Waals surface area contributed by atoms with Gasteiger partial charge in [0.15, 0.2) is 5.96 Å². The van der Waals surface area contributed by atoms with Crippen molar-refractivity contribution in [1.82, 2.24) is 19.9 Å². The molecule has 1 aliphatic rings. The van der Waals surface area contributed by atoms with Gasteiger partial charge in [-0.15, -0.1) is 24.0 Å². The van der Waals surface area contributed by atoms with Gasteiger partial charge in [-0.1, -0.05) is 0 Å². The van der Waals surface area contributed by atoms with Gasteiger partial charge in [0, 0.05) is 43.3 Å². The number of morpholine rings is 1. The van der Waals surface area contributed by atoms with E-state index in [1.807, 2.05) is 13.1 Å². The zero-order chi connectivity index (χ0) is 20.7. The smallest absolute Gasteiger partial charge is 0.216 e. The third kappa shape index (κ3) is 6.79. The summed E-state index contributed by atoms with van der Waals surface area (Å²) in [5, 5.41) is 7.34. The Balaban J connectivity index is 0.00000320. The number of fused-ring (bicyclic) bond motifs is 1. The van der Waals surface area contributed by atoms with E-state index in [1.54, 1.807) is 6.07 Å². The summed E-state index contributed by atoms with van der Waals surface area (Å²) >= 11 is 0. The molecule has 0 radical (unpaired) electrons. The van der Waals surface area contributed by atoms with Crippen LogP contribution in [0.2, 0.25) is 0 Å². The molecule has 1 saturated heterocycles. The standard InChI is InChI=1S/C19H28FN5O3S.HI/c1-2-21-19(23-7-12-29(26,27)25-8-10-28-11-9-25)22-6-5-15-14-24-18-13-16(20)3-4-17(15)18;/h3-4,13-14,24H,2,5-12H2,1H3,(H2,21,22,23);1H.